The highest BCUT2D eigenvalue weighted by Gasteiger charge is 2.38. The maximum absolute atomic E-state index is 12.6. The molecule has 142 valence electrons. The van der Waals surface area contributed by atoms with E-state index in [1.807, 2.05) is 6.07 Å². The van der Waals surface area contributed by atoms with Crippen molar-refractivity contribution in [3.05, 3.63) is 46.5 Å². The zero-order chi connectivity index (χ0) is 19.2. The van der Waals surface area contributed by atoms with E-state index in [0.29, 0.717) is 11.3 Å². The molecule has 0 radical (unpaired) electrons. The summed E-state index contributed by atoms with van der Waals surface area (Å²) < 4.78 is 17.5. The van der Waals surface area contributed by atoms with Crippen LogP contribution < -0.4 is 9.47 Å². The second-order valence-electron chi connectivity index (χ2n) is 7.93. The Balaban J connectivity index is 1.95. The summed E-state index contributed by atoms with van der Waals surface area (Å²) >= 11 is 0. The molecule has 0 atom stereocenters. The number of hydrogen-bond donors (Lipinski definition) is 0. The Hall–Kier alpha value is -2.49. The van der Waals surface area contributed by atoms with Crippen LogP contribution in [-0.2, 0) is 16.8 Å². The average Bonchev–Trinajstić information content (AvgIpc) is 2.60. The van der Waals surface area contributed by atoms with Crippen LogP contribution in [0.5, 0.6) is 11.5 Å². The largest absolute Gasteiger partial charge is 0.482 e. The lowest BCUT2D eigenvalue weighted by molar-refractivity contribution is 0.00457. The molecule has 2 aromatic carbocycles. The first-order chi connectivity index (χ1) is 12.9. The summed E-state index contributed by atoms with van der Waals surface area (Å²) in [4.78, 5) is 12.6. The summed E-state index contributed by atoms with van der Waals surface area (Å²) in [5.74, 6) is 1.10. The number of esters is 1. The molecule has 0 unspecified atom stereocenters. The van der Waals surface area contributed by atoms with Crippen molar-refractivity contribution in [1.29, 1.82) is 0 Å². The molecule has 27 heavy (non-hydrogen) atoms. The van der Waals surface area contributed by atoms with Gasteiger partial charge in [0.2, 0.25) is 6.79 Å². The Morgan fingerprint density at radius 2 is 1.89 bits per heavy atom. The molecule has 4 rings (SSSR count). The van der Waals surface area contributed by atoms with Crippen LogP contribution in [0.25, 0.3) is 11.1 Å². The third kappa shape index (κ3) is 2.97. The van der Waals surface area contributed by atoms with Crippen LogP contribution in [0.3, 0.4) is 0 Å². The normalized spacial score (nSPS) is 16.4. The topological polar surface area (TPSA) is 44.8 Å². The van der Waals surface area contributed by atoms with E-state index in [2.05, 4.69) is 45.9 Å². The van der Waals surface area contributed by atoms with E-state index >= 15 is 0 Å². The van der Waals surface area contributed by atoms with E-state index in [9.17, 15) is 4.79 Å². The van der Waals surface area contributed by atoms with E-state index in [1.54, 1.807) is 0 Å². The van der Waals surface area contributed by atoms with Gasteiger partial charge in [-0.2, -0.15) is 0 Å². The standard InChI is InChI=1S/C23H26O4/c1-5-6-7-8-15-12-18-20(21-19(15)22(24)26-13-25-21)16-11-14(2)9-10-17(16)23(3,4)27-18/h9-12H,5-8,13H2,1-4H3. The van der Waals surface area contributed by atoms with Gasteiger partial charge >= 0.3 is 5.97 Å². The van der Waals surface area contributed by atoms with Gasteiger partial charge in [-0.3, -0.25) is 0 Å². The predicted octanol–water partition coefficient (Wildman–Crippen LogP) is 5.53. The predicted molar refractivity (Wildman–Crippen MR) is 104 cm³/mol. The van der Waals surface area contributed by atoms with Crippen LogP contribution in [0.4, 0.5) is 0 Å². The van der Waals surface area contributed by atoms with E-state index in [1.165, 1.54) is 0 Å². The summed E-state index contributed by atoms with van der Waals surface area (Å²) in [5.41, 5.74) is 5.28. The van der Waals surface area contributed by atoms with E-state index < -0.39 is 5.60 Å². The monoisotopic (exact) mass is 366 g/mol. The molecule has 0 bridgehead atoms. The zero-order valence-corrected chi connectivity index (χ0v) is 16.5. The van der Waals surface area contributed by atoms with Crippen LogP contribution >= 0.6 is 0 Å². The van der Waals surface area contributed by atoms with Crippen LogP contribution in [-0.4, -0.2) is 12.8 Å². The van der Waals surface area contributed by atoms with Crippen molar-refractivity contribution in [2.45, 2.75) is 59.0 Å². The second kappa shape index (κ2) is 6.59. The molecular weight excluding hydrogens is 340 g/mol. The van der Waals surface area contributed by atoms with Crippen molar-refractivity contribution in [3.8, 4) is 22.6 Å². The van der Waals surface area contributed by atoms with Crippen molar-refractivity contribution in [2.24, 2.45) is 0 Å². The van der Waals surface area contributed by atoms with Crippen molar-refractivity contribution in [1.82, 2.24) is 0 Å². The minimum absolute atomic E-state index is 0.0543. The van der Waals surface area contributed by atoms with Gasteiger partial charge in [-0.05, 0) is 50.8 Å². The third-order valence-corrected chi connectivity index (χ3v) is 5.43. The molecule has 0 amide bonds. The Morgan fingerprint density at radius 3 is 2.67 bits per heavy atom. The maximum Gasteiger partial charge on any atom is 0.345 e. The number of cyclic esters (lactones) is 1. The van der Waals surface area contributed by atoms with Crippen molar-refractivity contribution in [3.63, 3.8) is 0 Å². The number of benzene rings is 2. The Morgan fingerprint density at radius 1 is 1.07 bits per heavy atom. The number of carbonyl (C=O) groups excluding carboxylic acids is 1. The molecule has 0 spiro atoms. The van der Waals surface area contributed by atoms with Crippen molar-refractivity contribution < 1.29 is 19.0 Å². The number of rotatable bonds is 4. The lowest BCUT2D eigenvalue weighted by Gasteiger charge is -2.37. The Labute approximate surface area is 160 Å². The molecule has 0 aromatic heterocycles. The fraction of sp³-hybridized carbons (Fsp3) is 0.435. The number of fused-ring (bicyclic) bond motifs is 5. The fourth-order valence-corrected chi connectivity index (χ4v) is 4.09. The molecule has 0 aliphatic carbocycles. The summed E-state index contributed by atoms with van der Waals surface area (Å²) in [7, 11) is 0. The quantitative estimate of drug-likeness (QED) is 0.527. The number of hydrogen-bond acceptors (Lipinski definition) is 4. The minimum Gasteiger partial charge on any atom is -0.482 e. The lowest BCUT2D eigenvalue weighted by atomic mass is 9.83. The summed E-state index contributed by atoms with van der Waals surface area (Å²) in [6.07, 6.45) is 4.08. The van der Waals surface area contributed by atoms with Crippen LogP contribution in [0.1, 0.15) is 67.1 Å². The van der Waals surface area contributed by atoms with Gasteiger partial charge in [0.15, 0.2) is 0 Å². The van der Waals surface area contributed by atoms with Crippen molar-refractivity contribution >= 4 is 5.97 Å². The second-order valence-corrected chi connectivity index (χ2v) is 7.93. The Bertz CT molecular complexity index is 911. The highest BCUT2D eigenvalue weighted by atomic mass is 16.7. The van der Waals surface area contributed by atoms with Gasteiger partial charge < -0.3 is 14.2 Å². The smallest absolute Gasteiger partial charge is 0.345 e. The van der Waals surface area contributed by atoms with Gasteiger partial charge in [0.05, 0.1) is 5.56 Å². The lowest BCUT2D eigenvalue weighted by Crippen LogP contribution is -2.31. The van der Waals surface area contributed by atoms with Gasteiger partial charge in [0, 0.05) is 5.56 Å². The SMILES string of the molecule is CCCCCc1cc2c(c3c1C(=O)OCO3)-c1cc(C)ccc1C(C)(C)O2. The van der Waals surface area contributed by atoms with Gasteiger partial charge in [0.25, 0.3) is 0 Å². The van der Waals surface area contributed by atoms with E-state index in [0.717, 1.165) is 59.3 Å². The summed E-state index contributed by atoms with van der Waals surface area (Å²) in [5, 5.41) is 0. The molecule has 0 fully saturated rings. The number of aryl methyl sites for hydroxylation is 2. The number of carbonyl (C=O) groups is 1. The summed E-state index contributed by atoms with van der Waals surface area (Å²) in [6, 6.07) is 8.37. The highest BCUT2D eigenvalue weighted by molar-refractivity contribution is 6.00. The zero-order valence-electron chi connectivity index (χ0n) is 16.5. The first kappa shape index (κ1) is 17.9. The highest BCUT2D eigenvalue weighted by Crippen LogP contribution is 2.52. The molecule has 4 heteroatoms. The molecule has 0 saturated heterocycles. The average molecular weight is 366 g/mol. The van der Waals surface area contributed by atoms with E-state index in [4.69, 9.17) is 14.2 Å². The molecule has 2 aromatic rings. The molecule has 0 saturated carbocycles. The number of unbranched alkanes of at least 4 members (excludes halogenated alkanes) is 2. The van der Waals surface area contributed by atoms with Crippen molar-refractivity contribution in [2.75, 3.05) is 6.79 Å². The van der Waals surface area contributed by atoms with Crippen LogP contribution in [0.2, 0.25) is 0 Å². The molecule has 0 N–H and O–H groups in total. The summed E-state index contributed by atoms with van der Waals surface area (Å²) in [6.45, 7) is 8.35. The fourth-order valence-electron chi connectivity index (χ4n) is 4.09. The first-order valence-corrected chi connectivity index (χ1v) is 9.72. The minimum atomic E-state index is -0.444. The third-order valence-electron chi connectivity index (χ3n) is 5.43. The number of ether oxygens (including phenoxy) is 3. The van der Waals surface area contributed by atoms with Gasteiger partial charge in [-0.15, -0.1) is 0 Å². The molecular formula is C23H26O4. The molecule has 2 heterocycles. The van der Waals surface area contributed by atoms with Crippen LogP contribution in [0.15, 0.2) is 24.3 Å². The van der Waals surface area contributed by atoms with Gasteiger partial charge in [0.1, 0.15) is 22.7 Å². The maximum atomic E-state index is 12.6. The molecule has 4 nitrogen and oxygen atoms in total. The van der Waals surface area contributed by atoms with Gasteiger partial charge in [-0.1, -0.05) is 43.5 Å². The van der Waals surface area contributed by atoms with Gasteiger partial charge in [-0.25, -0.2) is 4.79 Å². The molecule has 2 aliphatic rings. The van der Waals surface area contributed by atoms with E-state index in [-0.39, 0.29) is 12.8 Å². The Kier molecular flexibility index (Phi) is 4.37. The first-order valence-electron chi connectivity index (χ1n) is 9.72. The molecule has 2 aliphatic heterocycles. The van der Waals surface area contributed by atoms with Crippen LogP contribution in [0, 0.1) is 6.92 Å².